The third kappa shape index (κ3) is 1.06. The van der Waals surface area contributed by atoms with Gasteiger partial charge in [0.05, 0.1) is 0 Å². The van der Waals surface area contributed by atoms with Crippen LogP contribution in [-0.4, -0.2) is 37.8 Å². The molecule has 1 saturated carbocycles. The largest absolute Gasteiger partial charge is 0.361 e. The van der Waals surface area contributed by atoms with E-state index in [1.165, 1.54) is 6.92 Å². The van der Waals surface area contributed by atoms with Crippen LogP contribution in [0.2, 0.25) is 0 Å². The average Bonchev–Trinajstić information content (AvgIpc) is 1.96. The minimum atomic E-state index is -3.02. The van der Waals surface area contributed by atoms with E-state index in [0.29, 0.717) is 0 Å². The summed E-state index contributed by atoms with van der Waals surface area (Å²) in [5.41, 5.74) is 0. The van der Waals surface area contributed by atoms with E-state index in [1.54, 1.807) is 0 Å². The van der Waals surface area contributed by atoms with E-state index in [0.717, 1.165) is 0 Å². The van der Waals surface area contributed by atoms with Crippen molar-refractivity contribution in [2.24, 2.45) is 5.92 Å². The Hall–Kier alpha value is -0.490. The molecule has 0 aromatic carbocycles. The van der Waals surface area contributed by atoms with Gasteiger partial charge in [0, 0.05) is 12.3 Å². The van der Waals surface area contributed by atoms with Crippen LogP contribution in [0.5, 0.6) is 0 Å². The van der Waals surface area contributed by atoms with E-state index in [9.17, 15) is 15.0 Å². The molecule has 0 heterocycles. The highest BCUT2D eigenvalue weighted by Crippen LogP contribution is 2.35. The summed E-state index contributed by atoms with van der Waals surface area (Å²) >= 11 is 0. The number of aliphatic hydroxyl groups is 4. The zero-order valence-electron chi connectivity index (χ0n) is 6.69. The molecule has 1 aliphatic carbocycles. The summed E-state index contributed by atoms with van der Waals surface area (Å²) in [5, 5.41) is 36.4. The molecule has 5 heteroatoms. The highest BCUT2D eigenvalue weighted by atomic mass is 16.6. The summed E-state index contributed by atoms with van der Waals surface area (Å²) in [5.74, 6) is -7.44. The number of hydrogen-bond acceptors (Lipinski definition) is 5. The van der Waals surface area contributed by atoms with Crippen molar-refractivity contribution < 1.29 is 25.2 Å². The van der Waals surface area contributed by atoms with Gasteiger partial charge in [0.25, 0.3) is 5.79 Å². The monoisotopic (exact) mass is 176 g/mol. The maximum absolute atomic E-state index is 10.9. The van der Waals surface area contributed by atoms with Gasteiger partial charge in [-0.05, 0) is 6.42 Å². The second kappa shape index (κ2) is 2.50. The van der Waals surface area contributed by atoms with Gasteiger partial charge in [-0.15, -0.1) is 0 Å². The molecular formula is C7H12O5. The Morgan fingerprint density at radius 1 is 1.33 bits per heavy atom. The van der Waals surface area contributed by atoms with Crippen LogP contribution in [-0.2, 0) is 4.79 Å². The van der Waals surface area contributed by atoms with E-state index in [2.05, 4.69) is 0 Å². The molecule has 0 aromatic rings. The van der Waals surface area contributed by atoms with Gasteiger partial charge in [-0.1, -0.05) is 6.92 Å². The lowest BCUT2D eigenvalue weighted by molar-refractivity contribution is -0.362. The van der Waals surface area contributed by atoms with Gasteiger partial charge in [0.2, 0.25) is 5.79 Å². The van der Waals surface area contributed by atoms with Crippen LogP contribution in [0.15, 0.2) is 0 Å². The van der Waals surface area contributed by atoms with Gasteiger partial charge in [-0.25, -0.2) is 0 Å². The predicted octanol–water partition coefficient (Wildman–Crippen LogP) is -1.65. The second-order valence-corrected chi connectivity index (χ2v) is 3.26. The quantitative estimate of drug-likeness (QED) is 0.331. The Bertz CT molecular complexity index is 208. The van der Waals surface area contributed by atoms with Crippen LogP contribution in [0.4, 0.5) is 0 Å². The molecule has 0 amide bonds. The van der Waals surface area contributed by atoms with Crippen LogP contribution < -0.4 is 0 Å². The first-order valence-corrected chi connectivity index (χ1v) is 3.73. The minimum absolute atomic E-state index is 0.0446. The number of carbonyl (C=O) groups is 1. The van der Waals surface area contributed by atoms with Crippen molar-refractivity contribution in [3.63, 3.8) is 0 Å². The average molecular weight is 176 g/mol. The van der Waals surface area contributed by atoms with Crippen molar-refractivity contribution in [2.45, 2.75) is 31.3 Å². The van der Waals surface area contributed by atoms with E-state index in [4.69, 9.17) is 10.2 Å². The lowest BCUT2D eigenvalue weighted by Gasteiger charge is -2.41. The fourth-order valence-corrected chi connectivity index (χ4v) is 1.27. The van der Waals surface area contributed by atoms with Crippen molar-refractivity contribution in [2.75, 3.05) is 0 Å². The zero-order valence-corrected chi connectivity index (χ0v) is 6.69. The summed E-state index contributed by atoms with van der Waals surface area (Å²) in [6.07, 6.45) is 0.200. The fraction of sp³-hybridized carbons (Fsp3) is 0.857. The molecule has 0 bridgehead atoms. The van der Waals surface area contributed by atoms with Gasteiger partial charge < -0.3 is 20.4 Å². The van der Waals surface area contributed by atoms with Gasteiger partial charge in [0.15, 0.2) is 5.78 Å². The smallest absolute Gasteiger partial charge is 0.280 e. The first-order valence-electron chi connectivity index (χ1n) is 3.73. The Morgan fingerprint density at radius 3 is 2.25 bits per heavy atom. The Labute approximate surface area is 69.3 Å². The van der Waals surface area contributed by atoms with E-state index in [-0.39, 0.29) is 12.8 Å². The zero-order chi connectivity index (χ0) is 9.57. The van der Waals surface area contributed by atoms with Crippen LogP contribution in [0, 0.1) is 5.92 Å². The van der Waals surface area contributed by atoms with Crippen LogP contribution >= 0.6 is 0 Å². The molecule has 0 spiro atoms. The lowest BCUT2D eigenvalue weighted by Crippen LogP contribution is -2.65. The molecule has 4 N–H and O–H groups in total. The third-order valence-corrected chi connectivity index (χ3v) is 2.39. The van der Waals surface area contributed by atoms with Crippen LogP contribution in [0.3, 0.4) is 0 Å². The molecule has 1 rings (SSSR count). The van der Waals surface area contributed by atoms with E-state index in [1.807, 2.05) is 0 Å². The van der Waals surface area contributed by atoms with Crippen LogP contribution in [0.25, 0.3) is 0 Å². The first kappa shape index (κ1) is 9.60. The number of hydrogen-bond donors (Lipinski definition) is 4. The summed E-state index contributed by atoms with van der Waals surface area (Å²) < 4.78 is 0. The highest BCUT2D eigenvalue weighted by molar-refractivity contribution is 5.87. The van der Waals surface area contributed by atoms with Gasteiger partial charge in [0.1, 0.15) is 0 Å². The summed E-state index contributed by atoms with van der Waals surface area (Å²) in [4.78, 5) is 10.9. The molecule has 1 atom stereocenters. The van der Waals surface area contributed by atoms with Crippen molar-refractivity contribution in [1.82, 2.24) is 0 Å². The summed E-state index contributed by atoms with van der Waals surface area (Å²) in [6.45, 7) is 1.44. The molecule has 0 saturated heterocycles. The fourth-order valence-electron chi connectivity index (χ4n) is 1.27. The number of rotatable bonds is 0. The molecule has 1 aliphatic rings. The summed E-state index contributed by atoms with van der Waals surface area (Å²) in [7, 11) is 0. The van der Waals surface area contributed by atoms with Crippen molar-refractivity contribution in [1.29, 1.82) is 0 Å². The predicted molar refractivity (Wildman–Crippen MR) is 37.7 cm³/mol. The third-order valence-electron chi connectivity index (χ3n) is 2.39. The molecule has 0 radical (unpaired) electrons. The van der Waals surface area contributed by atoms with Crippen molar-refractivity contribution in [3.8, 4) is 0 Å². The van der Waals surface area contributed by atoms with Crippen LogP contribution in [0.1, 0.15) is 19.8 Å². The molecule has 1 unspecified atom stereocenters. The number of ketones is 1. The molecule has 0 aromatic heterocycles. The molecule has 70 valence electrons. The minimum Gasteiger partial charge on any atom is -0.361 e. The molecule has 12 heavy (non-hydrogen) atoms. The molecule has 5 nitrogen and oxygen atoms in total. The number of carbonyl (C=O) groups excluding carboxylic acids is 1. The first-order chi connectivity index (χ1) is 5.30. The molecular weight excluding hydrogens is 164 g/mol. The molecule has 1 fully saturated rings. The topological polar surface area (TPSA) is 98.0 Å². The number of Topliss-reactive ketones (excluding diaryl/α,β-unsaturated/α-hetero) is 1. The van der Waals surface area contributed by atoms with Gasteiger partial charge in [-0.2, -0.15) is 0 Å². The van der Waals surface area contributed by atoms with Crippen molar-refractivity contribution in [3.05, 3.63) is 0 Å². The Kier molecular flexibility index (Phi) is 2.00. The SMILES string of the molecule is CC1CCC(=O)C(O)(O)C1(O)O. The second-order valence-electron chi connectivity index (χ2n) is 3.26. The summed E-state index contributed by atoms with van der Waals surface area (Å²) in [6, 6.07) is 0. The highest BCUT2D eigenvalue weighted by Gasteiger charge is 2.58. The van der Waals surface area contributed by atoms with E-state index >= 15 is 0 Å². The Morgan fingerprint density at radius 2 is 1.83 bits per heavy atom. The lowest BCUT2D eigenvalue weighted by atomic mass is 9.79. The molecule has 0 aliphatic heterocycles. The maximum atomic E-state index is 10.9. The van der Waals surface area contributed by atoms with Gasteiger partial charge in [-0.3, -0.25) is 4.79 Å². The van der Waals surface area contributed by atoms with Gasteiger partial charge >= 0.3 is 0 Å². The maximum Gasteiger partial charge on any atom is 0.280 e. The normalized spacial score (nSPS) is 33.4. The van der Waals surface area contributed by atoms with Crippen molar-refractivity contribution >= 4 is 5.78 Å². The van der Waals surface area contributed by atoms with E-state index < -0.39 is 23.3 Å². The standard InChI is InChI=1S/C7H12O5/c1-4-2-3-5(8)7(11,12)6(4,9)10/h4,9-12H,2-3H2,1H3. The Balaban J connectivity index is 3.00.